The maximum Gasteiger partial charge on any atom is 0.257 e. The number of nitrogens with zero attached hydrogens (tertiary/aromatic N) is 2. The van der Waals surface area contributed by atoms with E-state index in [1.807, 2.05) is 6.92 Å². The summed E-state index contributed by atoms with van der Waals surface area (Å²) in [6, 6.07) is 0. The molecule has 2 heterocycles. The molecule has 2 rings (SSSR count). The Kier molecular flexibility index (Phi) is 2.60. The topological polar surface area (TPSA) is 63.4 Å². The average molecular weight is 220 g/mol. The first-order valence-electron chi connectivity index (χ1n) is 5.09. The fraction of sp³-hybridized carbons (Fsp3) is 0.364. The first-order chi connectivity index (χ1) is 7.61. The van der Waals surface area contributed by atoms with Gasteiger partial charge in [0.2, 0.25) is 5.89 Å². The smallest absolute Gasteiger partial charge is 0.257 e. The van der Waals surface area contributed by atoms with Crippen LogP contribution < -0.4 is 0 Å². The SMILES string of the molecule is CCc1cnc(CN2C(=O)C=C(C)C2=O)o1. The molecule has 1 aliphatic rings. The minimum absolute atomic E-state index is 0.103. The van der Waals surface area contributed by atoms with E-state index in [2.05, 4.69) is 4.98 Å². The number of aryl methyl sites for hydroxylation is 1. The van der Waals surface area contributed by atoms with Crippen LogP contribution in [0.25, 0.3) is 0 Å². The molecular formula is C11H12N2O3. The Balaban J connectivity index is 2.11. The normalized spacial score (nSPS) is 15.9. The Hall–Kier alpha value is -1.91. The second kappa shape index (κ2) is 3.92. The van der Waals surface area contributed by atoms with Crippen LogP contribution in [0, 0.1) is 0 Å². The molecule has 84 valence electrons. The van der Waals surface area contributed by atoms with E-state index in [9.17, 15) is 9.59 Å². The fourth-order valence-electron chi connectivity index (χ4n) is 1.51. The first-order valence-corrected chi connectivity index (χ1v) is 5.09. The monoisotopic (exact) mass is 220 g/mol. The molecular weight excluding hydrogens is 208 g/mol. The lowest BCUT2D eigenvalue weighted by atomic mass is 10.3. The molecule has 0 unspecified atom stereocenters. The molecule has 0 bridgehead atoms. The molecule has 0 N–H and O–H groups in total. The second-order valence-corrected chi connectivity index (χ2v) is 3.63. The van der Waals surface area contributed by atoms with Gasteiger partial charge in [-0.1, -0.05) is 6.92 Å². The molecule has 0 spiro atoms. The number of hydrogen-bond donors (Lipinski definition) is 0. The molecule has 5 nitrogen and oxygen atoms in total. The van der Waals surface area contributed by atoms with Crippen LogP contribution >= 0.6 is 0 Å². The third-order valence-electron chi connectivity index (χ3n) is 2.43. The van der Waals surface area contributed by atoms with Crippen molar-refractivity contribution in [3.05, 3.63) is 29.5 Å². The summed E-state index contributed by atoms with van der Waals surface area (Å²) in [6.45, 7) is 3.67. The highest BCUT2D eigenvalue weighted by Gasteiger charge is 2.29. The summed E-state index contributed by atoms with van der Waals surface area (Å²) in [6.07, 6.45) is 3.68. The quantitative estimate of drug-likeness (QED) is 0.714. The fourth-order valence-corrected chi connectivity index (χ4v) is 1.51. The second-order valence-electron chi connectivity index (χ2n) is 3.63. The number of hydrogen-bond acceptors (Lipinski definition) is 4. The summed E-state index contributed by atoms with van der Waals surface area (Å²) in [5.74, 6) is 0.556. The van der Waals surface area contributed by atoms with Crippen LogP contribution in [-0.4, -0.2) is 21.7 Å². The number of amides is 2. The van der Waals surface area contributed by atoms with Gasteiger partial charge in [0.25, 0.3) is 11.8 Å². The van der Waals surface area contributed by atoms with Gasteiger partial charge in [-0.3, -0.25) is 14.5 Å². The molecule has 1 aromatic rings. The molecule has 0 aliphatic carbocycles. The molecule has 1 aliphatic heterocycles. The van der Waals surface area contributed by atoms with Gasteiger partial charge in [-0.05, 0) is 6.92 Å². The van der Waals surface area contributed by atoms with E-state index >= 15 is 0 Å². The van der Waals surface area contributed by atoms with Gasteiger partial charge in [0.15, 0.2) is 0 Å². The minimum atomic E-state index is -0.307. The van der Waals surface area contributed by atoms with E-state index in [0.29, 0.717) is 11.5 Å². The van der Waals surface area contributed by atoms with Crippen molar-refractivity contribution in [3.8, 4) is 0 Å². The molecule has 5 heteroatoms. The van der Waals surface area contributed by atoms with Gasteiger partial charge in [0.05, 0.1) is 6.20 Å². The molecule has 0 radical (unpaired) electrons. The van der Waals surface area contributed by atoms with Crippen molar-refractivity contribution in [2.75, 3.05) is 0 Å². The van der Waals surface area contributed by atoms with Gasteiger partial charge in [0, 0.05) is 18.1 Å². The third-order valence-corrected chi connectivity index (χ3v) is 2.43. The summed E-state index contributed by atoms with van der Waals surface area (Å²) >= 11 is 0. The van der Waals surface area contributed by atoms with Crippen molar-refractivity contribution in [3.63, 3.8) is 0 Å². The number of imide groups is 1. The van der Waals surface area contributed by atoms with Gasteiger partial charge in [-0.25, -0.2) is 4.98 Å². The van der Waals surface area contributed by atoms with Crippen LogP contribution in [0.4, 0.5) is 0 Å². The number of oxazole rings is 1. The molecule has 16 heavy (non-hydrogen) atoms. The zero-order valence-corrected chi connectivity index (χ0v) is 9.19. The lowest BCUT2D eigenvalue weighted by molar-refractivity contribution is -0.138. The van der Waals surface area contributed by atoms with Gasteiger partial charge in [0.1, 0.15) is 12.3 Å². The van der Waals surface area contributed by atoms with Gasteiger partial charge < -0.3 is 4.42 Å². The van der Waals surface area contributed by atoms with Crippen molar-refractivity contribution in [1.82, 2.24) is 9.88 Å². The maximum absolute atomic E-state index is 11.6. The van der Waals surface area contributed by atoms with E-state index < -0.39 is 0 Å². The van der Waals surface area contributed by atoms with Crippen LogP contribution in [0.1, 0.15) is 25.5 Å². The zero-order chi connectivity index (χ0) is 11.7. The molecule has 0 saturated heterocycles. The van der Waals surface area contributed by atoms with Gasteiger partial charge in [-0.15, -0.1) is 0 Å². The summed E-state index contributed by atoms with van der Waals surface area (Å²) in [5.41, 5.74) is 0.451. The number of aromatic nitrogens is 1. The molecule has 1 aromatic heterocycles. The number of carbonyl (C=O) groups is 2. The highest BCUT2D eigenvalue weighted by molar-refractivity contribution is 6.15. The third kappa shape index (κ3) is 1.76. The minimum Gasteiger partial charge on any atom is -0.444 e. The van der Waals surface area contributed by atoms with Crippen molar-refractivity contribution >= 4 is 11.8 Å². The van der Waals surface area contributed by atoms with Crippen molar-refractivity contribution in [2.45, 2.75) is 26.8 Å². The lowest BCUT2D eigenvalue weighted by Gasteiger charge is -2.11. The van der Waals surface area contributed by atoms with Crippen molar-refractivity contribution in [2.24, 2.45) is 0 Å². The highest BCUT2D eigenvalue weighted by atomic mass is 16.4. The molecule has 0 aromatic carbocycles. The van der Waals surface area contributed by atoms with Crippen LogP contribution in [0.15, 0.2) is 22.3 Å². The van der Waals surface area contributed by atoms with Crippen molar-refractivity contribution < 1.29 is 14.0 Å². The molecule has 0 fully saturated rings. The average Bonchev–Trinajstić information content (AvgIpc) is 2.80. The van der Waals surface area contributed by atoms with Crippen molar-refractivity contribution in [1.29, 1.82) is 0 Å². The Labute approximate surface area is 92.8 Å². The van der Waals surface area contributed by atoms with Gasteiger partial charge >= 0.3 is 0 Å². The Morgan fingerprint density at radius 1 is 1.44 bits per heavy atom. The molecule has 0 atom stereocenters. The standard InChI is InChI=1S/C11H12N2O3/c1-3-8-5-12-9(16-8)6-13-10(14)4-7(2)11(13)15/h4-5H,3,6H2,1-2H3. The first kappa shape index (κ1) is 10.6. The molecule has 2 amide bonds. The predicted molar refractivity (Wildman–Crippen MR) is 55.2 cm³/mol. The van der Waals surface area contributed by atoms with E-state index in [-0.39, 0.29) is 18.4 Å². The Morgan fingerprint density at radius 2 is 2.19 bits per heavy atom. The van der Waals surface area contributed by atoms with Crippen LogP contribution in [0.3, 0.4) is 0 Å². The van der Waals surface area contributed by atoms with Crippen LogP contribution in [0.2, 0.25) is 0 Å². The highest BCUT2D eigenvalue weighted by Crippen LogP contribution is 2.15. The Morgan fingerprint density at radius 3 is 2.69 bits per heavy atom. The maximum atomic E-state index is 11.6. The number of carbonyl (C=O) groups excluding carboxylic acids is 2. The zero-order valence-electron chi connectivity index (χ0n) is 9.19. The summed E-state index contributed by atoms with van der Waals surface area (Å²) < 4.78 is 5.35. The lowest BCUT2D eigenvalue weighted by Crippen LogP contribution is -2.30. The largest absolute Gasteiger partial charge is 0.444 e. The number of rotatable bonds is 3. The summed E-state index contributed by atoms with van der Waals surface area (Å²) in [5, 5.41) is 0. The molecule has 0 saturated carbocycles. The van der Waals surface area contributed by atoms with E-state index in [4.69, 9.17) is 4.42 Å². The van der Waals surface area contributed by atoms with E-state index in [0.717, 1.165) is 17.1 Å². The summed E-state index contributed by atoms with van der Waals surface area (Å²) in [7, 11) is 0. The van der Waals surface area contributed by atoms with E-state index in [1.165, 1.54) is 6.08 Å². The van der Waals surface area contributed by atoms with Crippen LogP contribution in [0.5, 0.6) is 0 Å². The summed E-state index contributed by atoms with van der Waals surface area (Å²) in [4.78, 5) is 28.1. The Bertz CT molecular complexity index is 473. The van der Waals surface area contributed by atoms with E-state index in [1.54, 1.807) is 13.1 Å². The van der Waals surface area contributed by atoms with Crippen LogP contribution in [-0.2, 0) is 22.6 Å². The van der Waals surface area contributed by atoms with Gasteiger partial charge in [-0.2, -0.15) is 0 Å². The predicted octanol–water partition coefficient (Wildman–Crippen LogP) is 1.05.